The Morgan fingerprint density at radius 2 is 0.732 bits per heavy atom. The van der Waals surface area contributed by atoms with Gasteiger partial charge in [0.2, 0.25) is 0 Å². The predicted octanol–water partition coefficient (Wildman–Crippen LogP) is 12.7. The lowest BCUT2D eigenvalue weighted by Gasteiger charge is -2.17. The molecule has 0 saturated carbocycles. The van der Waals surface area contributed by atoms with Crippen molar-refractivity contribution in [2.75, 3.05) is 0 Å². The highest BCUT2D eigenvalue weighted by Crippen LogP contribution is 2.40. The van der Waals surface area contributed by atoms with E-state index in [9.17, 15) is 0 Å². The molecule has 11 aromatic rings. The summed E-state index contributed by atoms with van der Waals surface area (Å²) < 4.78 is 4.79. The zero-order valence-electron chi connectivity index (χ0n) is 30.3. The van der Waals surface area contributed by atoms with Gasteiger partial charge in [0.15, 0.2) is 17.5 Å². The van der Waals surface area contributed by atoms with E-state index in [0.717, 1.165) is 50.2 Å². The van der Waals surface area contributed by atoms with Gasteiger partial charge in [-0.25, -0.2) is 15.0 Å². The van der Waals surface area contributed by atoms with E-state index in [4.69, 9.17) is 15.0 Å². The molecule has 0 atom stereocenters. The highest BCUT2D eigenvalue weighted by molar-refractivity contribution is 6.12. The van der Waals surface area contributed by atoms with Crippen LogP contribution in [0.25, 0.3) is 100 Å². The normalized spacial score (nSPS) is 11.6. The first-order chi connectivity index (χ1) is 27.8. The smallest absolute Gasteiger partial charge is 0.166 e. The lowest BCUT2D eigenvalue weighted by molar-refractivity contribution is 1.06. The maximum Gasteiger partial charge on any atom is 0.166 e. The third-order valence-electron chi connectivity index (χ3n) is 10.8. The largest absolute Gasteiger partial charge is 0.309 e. The van der Waals surface area contributed by atoms with Gasteiger partial charge in [-0.15, -0.1) is 0 Å². The Kier molecular flexibility index (Phi) is 7.42. The van der Waals surface area contributed by atoms with Crippen LogP contribution in [0, 0.1) is 0 Å². The number of hydrogen-bond donors (Lipinski definition) is 0. The Morgan fingerprint density at radius 1 is 0.286 bits per heavy atom. The number of hydrogen-bond acceptors (Lipinski definition) is 3. The first kappa shape index (κ1) is 31.9. The van der Waals surface area contributed by atoms with Crippen LogP contribution >= 0.6 is 0 Å². The summed E-state index contributed by atoms with van der Waals surface area (Å²) in [6, 6.07) is 70.4. The minimum absolute atomic E-state index is 0.608. The molecule has 0 unspecified atom stereocenters. The molecule has 0 spiro atoms. The molecule has 0 saturated heterocycles. The van der Waals surface area contributed by atoms with Crippen LogP contribution < -0.4 is 0 Å². The first-order valence-electron chi connectivity index (χ1n) is 18.9. The molecule has 11 rings (SSSR count). The zero-order valence-corrected chi connectivity index (χ0v) is 30.3. The van der Waals surface area contributed by atoms with E-state index >= 15 is 0 Å². The maximum atomic E-state index is 5.22. The van der Waals surface area contributed by atoms with Gasteiger partial charge in [0.1, 0.15) is 0 Å². The zero-order chi connectivity index (χ0) is 37.0. The Labute approximate surface area is 323 Å². The van der Waals surface area contributed by atoms with Crippen LogP contribution in [0.1, 0.15) is 0 Å². The van der Waals surface area contributed by atoms with Gasteiger partial charge in [-0.3, -0.25) is 0 Å². The van der Waals surface area contributed by atoms with E-state index in [1.54, 1.807) is 0 Å². The number of fused-ring (bicyclic) bond motifs is 6. The maximum absolute atomic E-state index is 5.22. The monoisotopic (exact) mass is 715 g/mol. The van der Waals surface area contributed by atoms with E-state index in [1.165, 1.54) is 32.6 Å². The summed E-state index contributed by atoms with van der Waals surface area (Å²) >= 11 is 0. The molecule has 0 radical (unpaired) electrons. The van der Waals surface area contributed by atoms with Crippen molar-refractivity contribution in [2.24, 2.45) is 0 Å². The van der Waals surface area contributed by atoms with Gasteiger partial charge < -0.3 is 9.13 Å². The SMILES string of the molecule is c1ccc(-c2ccc(-c3nc(-c4ccccc4)nc(-c4ccccc4)n3)c(-n3c4ccccc4c4ccc(-n5c6ccccc6c6ccccc65)cc43)c2)cc1. The second kappa shape index (κ2) is 13.0. The van der Waals surface area contributed by atoms with Gasteiger partial charge in [-0.05, 0) is 53.6 Å². The van der Waals surface area contributed by atoms with Crippen LogP contribution in [0.5, 0.6) is 0 Å². The molecule has 56 heavy (non-hydrogen) atoms. The fourth-order valence-electron chi connectivity index (χ4n) is 8.20. The molecule has 5 heteroatoms. The molecule has 0 amide bonds. The van der Waals surface area contributed by atoms with E-state index in [1.807, 2.05) is 36.4 Å². The molecule has 0 aliphatic heterocycles. The van der Waals surface area contributed by atoms with Gasteiger partial charge in [0.05, 0.1) is 27.8 Å². The van der Waals surface area contributed by atoms with Gasteiger partial charge in [0.25, 0.3) is 0 Å². The highest BCUT2D eigenvalue weighted by Gasteiger charge is 2.21. The molecule has 0 aliphatic rings. The van der Waals surface area contributed by atoms with Crippen molar-refractivity contribution in [1.82, 2.24) is 24.1 Å². The van der Waals surface area contributed by atoms with Crippen LogP contribution in [0.3, 0.4) is 0 Å². The number of nitrogens with zero attached hydrogens (tertiary/aromatic N) is 5. The van der Waals surface area contributed by atoms with Crippen LogP contribution in [-0.2, 0) is 0 Å². The lowest BCUT2D eigenvalue weighted by Crippen LogP contribution is -2.04. The number of para-hydroxylation sites is 3. The second-order valence-corrected chi connectivity index (χ2v) is 14.1. The summed E-state index contributed by atoms with van der Waals surface area (Å²) in [5.74, 6) is 1.86. The minimum atomic E-state index is 0.608. The molecular weight excluding hydrogens is 683 g/mol. The summed E-state index contributed by atoms with van der Waals surface area (Å²) in [4.78, 5) is 15.5. The van der Waals surface area contributed by atoms with Crippen molar-refractivity contribution in [2.45, 2.75) is 0 Å². The van der Waals surface area contributed by atoms with E-state index in [2.05, 4.69) is 173 Å². The first-order valence-corrected chi connectivity index (χ1v) is 18.9. The van der Waals surface area contributed by atoms with Crippen LogP contribution in [-0.4, -0.2) is 24.1 Å². The van der Waals surface area contributed by atoms with Crippen molar-refractivity contribution >= 4 is 43.6 Å². The third kappa shape index (κ3) is 5.21. The quantitative estimate of drug-likeness (QED) is 0.172. The average molecular weight is 716 g/mol. The molecule has 0 bridgehead atoms. The predicted molar refractivity (Wildman–Crippen MR) is 230 cm³/mol. The molecular formula is C51H33N5. The summed E-state index contributed by atoms with van der Waals surface area (Å²) in [7, 11) is 0. The molecule has 262 valence electrons. The number of benzene rings is 8. The van der Waals surface area contributed by atoms with E-state index in [0.29, 0.717) is 17.5 Å². The molecule has 5 nitrogen and oxygen atoms in total. The lowest BCUT2D eigenvalue weighted by atomic mass is 10.0. The summed E-state index contributed by atoms with van der Waals surface area (Å²) in [6.07, 6.45) is 0. The molecule has 3 heterocycles. The third-order valence-corrected chi connectivity index (χ3v) is 10.8. The minimum Gasteiger partial charge on any atom is -0.309 e. The van der Waals surface area contributed by atoms with Gasteiger partial charge in [0, 0.05) is 43.9 Å². The second-order valence-electron chi connectivity index (χ2n) is 14.1. The van der Waals surface area contributed by atoms with Crippen molar-refractivity contribution in [1.29, 1.82) is 0 Å². The Bertz CT molecular complexity index is 3120. The van der Waals surface area contributed by atoms with Gasteiger partial charge in [-0.1, -0.05) is 158 Å². The fourth-order valence-corrected chi connectivity index (χ4v) is 8.20. The van der Waals surface area contributed by atoms with Crippen LogP contribution in [0.4, 0.5) is 0 Å². The van der Waals surface area contributed by atoms with Crippen molar-refractivity contribution in [3.8, 4) is 56.7 Å². The van der Waals surface area contributed by atoms with Gasteiger partial charge in [-0.2, -0.15) is 0 Å². The topological polar surface area (TPSA) is 48.5 Å². The van der Waals surface area contributed by atoms with E-state index < -0.39 is 0 Å². The molecule has 3 aromatic heterocycles. The Morgan fingerprint density at radius 3 is 1.29 bits per heavy atom. The van der Waals surface area contributed by atoms with Crippen molar-refractivity contribution in [3.05, 3.63) is 200 Å². The average Bonchev–Trinajstić information content (AvgIpc) is 3.79. The molecule has 0 fully saturated rings. The molecule has 0 N–H and O–H groups in total. The van der Waals surface area contributed by atoms with Gasteiger partial charge >= 0.3 is 0 Å². The summed E-state index contributed by atoms with van der Waals surface area (Å²) in [5.41, 5.74) is 11.7. The molecule has 0 aliphatic carbocycles. The summed E-state index contributed by atoms with van der Waals surface area (Å²) in [6.45, 7) is 0. The van der Waals surface area contributed by atoms with Crippen LogP contribution in [0.15, 0.2) is 200 Å². The number of rotatable bonds is 6. The summed E-state index contributed by atoms with van der Waals surface area (Å²) in [5, 5.41) is 4.82. The standard InChI is InChI=1S/C51H33N5/c1-4-16-34(17-5-1)37-28-30-43(51-53-49(35-18-6-2-7-19-35)52-50(54-51)36-20-8-3-9-21-36)47(32-37)56-46-27-15-12-24-41(46)42-31-29-38(33-48(42)56)55-44-25-13-10-22-39(44)40-23-11-14-26-45(40)55/h1-33H. The number of aromatic nitrogens is 5. The van der Waals surface area contributed by atoms with E-state index in [-0.39, 0.29) is 0 Å². The Hall–Kier alpha value is -7.63. The Balaban J connectivity index is 1.22. The van der Waals surface area contributed by atoms with Crippen molar-refractivity contribution < 1.29 is 0 Å². The highest BCUT2D eigenvalue weighted by atomic mass is 15.1. The fraction of sp³-hybridized carbons (Fsp3) is 0. The molecule has 8 aromatic carbocycles. The van der Waals surface area contributed by atoms with Crippen molar-refractivity contribution in [3.63, 3.8) is 0 Å². The van der Waals surface area contributed by atoms with Crippen LogP contribution in [0.2, 0.25) is 0 Å².